The number of nitrogens with one attached hydrogen (secondary N) is 1. The fraction of sp³-hybridized carbons (Fsp3) is 0.273. The average molecular weight is 280 g/mol. The molecule has 0 unspecified atom stereocenters. The van der Waals surface area contributed by atoms with Gasteiger partial charge in [0.25, 0.3) is 0 Å². The number of carboxylic acid groups (broad SMARTS) is 1. The highest BCUT2D eigenvalue weighted by atomic mass is 32.2. The molecule has 2 heterocycles. The van der Waals surface area contributed by atoms with Crippen LogP contribution in [0.3, 0.4) is 0 Å². The molecule has 0 aliphatic carbocycles. The van der Waals surface area contributed by atoms with Crippen molar-refractivity contribution in [2.75, 3.05) is 0 Å². The van der Waals surface area contributed by atoms with Gasteiger partial charge in [-0.1, -0.05) is 0 Å². The second kappa shape index (κ2) is 5.27. The van der Waals surface area contributed by atoms with Crippen LogP contribution in [0.1, 0.15) is 23.0 Å². The van der Waals surface area contributed by atoms with E-state index in [2.05, 4.69) is 15.2 Å². The molecule has 0 aromatic carbocycles. The molecule has 8 heteroatoms. The number of pyridine rings is 1. The highest BCUT2D eigenvalue weighted by Gasteiger charge is 2.12. The third-order valence-corrected chi connectivity index (χ3v) is 3.32. The molecule has 0 fully saturated rings. The summed E-state index contributed by atoms with van der Waals surface area (Å²) in [5.74, 6) is -1.01. The Bertz CT molecular complexity index is 677. The van der Waals surface area contributed by atoms with Gasteiger partial charge in [-0.2, -0.15) is 0 Å². The second-order valence-corrected chi connectivity index (χ2v) is 4.79. The van der Waals surface area contributed by atoms with E-state index in [0.717, 1.165) is 11.8 Å². The van der Waals surface area contributed by atoms with Crippen molar-refractivity contribution >= 4 is 17.7 Å². The first kappa shape index (κ1) is 13.3. The van der Waals surface area contributed by atoms with Crippen molar-refractivity contribution in [3.8, 4) is 0 Å². The van der Waals surface area contributed by atoms with Crippen molar-refractivity contribution in [2.24, 2.45) is 0 Å². The summed E-state index contributed by atoms with van der Waals surface area (Å²) in [6.45, 7) is 4.02. The average Bonchev–Trinajstić information content (AvgIpc) is 2.69. The Hall–Kier alpha value is -2.09. The normalized spacial score (nSPS) is 10.6. The van der Waals surface area contributed by atoms with E-state index >= 15 is 0 Å². The second-order valence-electron chi connectivity index (χ2n) is 3.80. The van der Waals surface area contributed by atoms with Crippen molar-refractivity contribution in [1.82, 2.24) is 19.7 Å². The Morgan fingerprint density at radius 1 is 1.53 bits per heavy atom. The van der Waals surface area contributed by atoms with Crippen LogP contribution in [0.25, 0.3) is 0 Å². The van der Waals surface area contributed by atoms with Crippen molar-refractivity contribution in [3.05, 3.63) is 33.9 Å². The number of nitrogens with zero attached hydrogens (tertiary/aromatic N) is 3. The van der Waals surface area contributed by atoms with E-state index in [1.165, 1.54) is 16.7 Å². The zero-order valence-corrected chi connectivity index (χ0v) is 11.2. The van der Waals surface area contributed by atoms with E-state index in [1.807, 2.05) is 6.92 Å². The van der Waals surface area contributed by atoms with Crippen LogP contribution in [-0.2, 0) is 6.54 Å². The third kappa shape index (κ3) is 2.84. The van der Waals surface area contributed by atoms with Crippen molar-refractivity contribution in [2.45, 2.75) is 30.6 Å². The quantitative estimate of drug-likeness (QED) is 0.871. The molecule has 0 aliphatic rings. The molecule has 19 heavy (non-hydrogen) atoms. The Morgan fingerprint density at radius 2 is 2.26 bits per heavy atom. The van der Waals surface area contributed by atoms with Crippen LogP contribution < -0.4 is 5.69 Å². The maximum atomic E-state index is 11.4. The molecule has 0 spiro atoms. The smallest absolute Gasteiger partial charge is 0.343 e. The Morgan fingerprint density at radius 3 is 2.89 bits per heavy atom. The summed E-state index contributed by atoms with van der Waals surface area (Å²) < 4.78 is 1.45. The maximum absolute atomic E-state index is 11.4. The first-order chi connectivity index (χ1) is 9.01. The highest BCUT2D eigenvalue weighted by Crippen LogP contribution is 2.24. The molecule has 2 N–H and O–H groups in total. The van der Waals surface area contributed by atoms with Gasteiger partial charge >= 0.3 is 11.7 Å². The molecule has 0 atom stereocenters. The molecule has 0 bridgehead atoms. The molecule has 0 saturated heterocycles. The van der Waals surface area contributed by atoms with Crippen LogP contribution in [0, 0.1) is 6.92 Å². The summed E-state index contributed by atoms with van der Waals surface area (Å²) in [6, 6.07) is 2.95. The summed E-state index contributed by atoms with van der Waals surface area (Å²) in [6.07, 6.45) is 0. The predicted octanol–water partition coefficient (Wildman–Crippen LogP) is 1.14. The van der Waals surface area contributed by atoms with E-state index in [1.54, 1.807) is 6.92 Å². The van der Waals surface area contributed by atoms with E-state index in [9.17, 15) is 9.59 Å². The van der Waals surface area contributed by atoms with Gasteiger partial charge in [0.05, 0.1) is 5.56 Å². The van der Waals surface area contributed by atoms with Gasteiger partial charge in [-0.3, -0.25) is 4.57 Å². The molecule has 100 valence electrons. The van der Waals surface area contributed by atoms with Crippen LogP contribution in [0.4, 0.5) is 0 Å². The van der Waals surface area contributed by atoms with E-state index in [4.69, 9.17) is 5.11 Å². The number of aromatic nitrogens is 4. The first-order valence-electron chi connectivity index (χ1n) is 5.56. The zero-order chi connectivity index (χ0) is 14.0. The number of aryl methyl sites for hydroxylation is 1. The Labute approximate surface area is 112 Å². The highest BCUT2D eigenvalue weighted by molar-refractivity contribution is 7.99. The maximum Gasteiger partial charge on any atom is 0.343 e. The molecule has 0 aliphatic heterocycles. The van der Waals surface area contributed by atoms with E-state index < -0.39 is 5.97 Å². The van der Waals surface area contributed by atoms with Gasteiger partial charge in [0.2, 0.25) is 0 Å². The molecule has 2 aromatic heterocycles. The van der Waals surface area contributed by atoms with Crippen molar-refractivity contribution < 1.29 is 9.90 Å². The number of carbonyl (C=O) groups is 1. The SMILES string of the molecule is CCn1c(Sc2cc(C(=O)O)cc(C)n2)n[nH]c1=O. The van der Waals surface area contributed by atoms with Gasteiger partial charge in [0.1, 0.15) is 5.03 Å². The lowest BCUT2D eigenvalue weighted by Crippen LogP contribution is -2.16. The number of rotatable bonds is 4. The van der Waals surface area contributed by atoms with Crippen LogP contribution in [0.15, 0.2) is 27.1 Å². The lowest BCUT2D eigenvalue weighted by molar-refractivity contribution is 0.0696. The lowest BCUT2D eigenvalue weighted by atomic mass is 10.2. The summed E-state index contributed by atoms with van der Waals surface area (Å²) >= 11 is 1.15. The molecule has 0 amide bonds. The standard InChI is InChI=1S/C11H12N4O3S/c1-3-15-10(18)13-14-11(15)19-8-5-7(9(16)17)4-6(2)12-8/h4-5H,3H2,1-2H3,(H,13,18)(H,16,17). The number of hydrogen-bond acceptors (Lipinski definition) is 5. The number of hydrogen-bond donors (Lipinski definition) is 2. The largest absolute Gasteiger partial charge is 0.478 e. The third-order valence-electron chi connectivity index (χ3n) is 2.41. The van der Waals surface area contributed by atoms with Crippen LogP contribution >= 0.6 is 11.8 Å². The van der Waals surface area contributed by atoms with Crippen LogP contribution in [0.5, 0.6) is 0 Å². The number of H-pyrrole nitrogens is 1. The Balaban J connectivity index is 2.38. The fourth-order valence-corrected chi connectivity index (χ4v) is 2.54. The minimum absolute atomic E-state index is 0.163. The minimum atomic E-state index is -1.01. The molecular formula is C11H12N4O3S. The van der Waals surface area contributed by atoms with Gasteiger partial charge in [0, 0.05) is 12.2 Å². The summed E-state index contributed by atoms with van der Waals surface area (Å²) in [7, 11) is 0. The fourth-order valence-electron chi connectivity index (χ4n) is 1.57. The summed E-state index contributed by atoms with van der Waals surface area (Å²) in [4.78, 5) is 26.6. The zero-order valence-electron chi connectivity index (χ0n) is 10.4. The lowest BCUT2D eigenvalue weighted by Gasteiger charge is -2.04. The predicted molar refractivity (Wildman–Crippen MR) is 68.6 cm³/mol. The van der Waals surface area contributed by atoms with Crippen LogP contribution in [0.2, 0.25) is 0 Å². The van der Waals surface area contributed by atoms with Gasteiger partial charge < -0.3 is 5.11 Å². The molecule has 2 aromatic rings. The number of aromatic amines is 1. The molecule has 7 nitrogen and oxygen atoms in total. The minimum Gasteiger partial charge on any atom is -0.478 e. The molecule has 0 radical (unpaired) electrons. The monoisotopic (exact) mass is 280 g/mol. The molecule has 0 saturated carbocycles. The number of aromatic carboxylic acids is 1. The van der Waals surface area contributed by atoms with Gasteiger partial charge in [-0.05, 0) is 37.7 Å². The molecule has 2 rings (SSSR count). The first-order valence-corrected chi connectivity index (χ1v) is 6.38. The van der Waals surface area contributed by atoms with E-state index in [-0.39, 0.29) is 11.3 Å². The number of carboxylic acids is 1. The van der Waals surface area contributed by atoms with Crippen LogP contribution in [-0.4, -0.2) is 30.8 Å². The van der Waals surface area contributed by atoms with Gasteiger partial charge in [0.15, 0.2) is 5.16 Å². The summed E-state index contributed by atoms with van der Waals surface area (Å²) in [5, 5.41) is 16.2. The Kier molecular flexibility index (Phi) is 3.70. The van der Waals surface area contributed by atoms with E-state index in [0.29, 0.717) is 22.4 Å². The summed E-state index contributed by atoms with van der Waals surface area (Å²) in [5.41, 5.74) is 0.468. The molecular weight excluding hydrogens is 268 g/mol. The van der Waals surface area contributed by atoms with Crippen molar-refractivity contribution in [1.29, 1.82) is 0 Å². The topological polar surface area (TPSA) is 101 Å². The van der Waals surface area contributed by atoms with Crippen molar-refractivity contribution in [3.63, 3.8) is 0 Å². The van der Waals surface area contributed by atoms with Gasteiger partial charge in [-0.15, -0.1) is 5.10 Å². The van der Waals surface area contributed by atoms with Gasteiger partial charge in [-0.25, -0.2) is 19.7 Å².